The summed E-state index contributed by atoms with van der Waals surface area (Å²) in [4.78, 5) is 24.6. The van der Waals surface area contributed by atoms with Gasteiger partial charge in [0.25, 0.3) is 0 Å². The van der Waals surface area contributed by atoms with Gasteiger partial charge >= 0.3 is 5.97 Å². The van der Waals surface area contributed by atoms with E-state index in [1.165, 1.54) is 321 Å². The number of carbonyl (C=O) groups excluding carboxylic acids is 2. The van der Waals surface area contributed by atoms with Gasteiger partial charge in [0.05, 0.1) is 25.4 Å². The Morgan fingerprint density at radius 2 is 0.610 bits per heavy atom. The average molecular weight is 1080 g/mol. The molecule has 77 heavy (non-hydrogen) atoms. The third-order valence-corrected chi connectivity index (χ3v) is 16.5. The van der Waals surface area contributed by atoms with Crippen molar-refractivity contribution < 1.29 is 24.5 Å². The summed E-state index contributed by atoms with van der Waals surface area (Å²) >= 11 is 0. The smallest absolute Gasteiger partial charge is 0.305 e. The Morgan fingerprint density at radius 1 is 0.351 bits per heavy atom. The maximum atomic E-state index is 12.5. The molecule has 456 valence electrons. The molecule has 0 aromatic heterocycles. The molecule has 0 aliphatic rings. The van der Waals surface area contributed by atoms with Crippen LogP contribution in [-0.2, 0) is 14.3 Å². The van der Waals surface area contributed by atoms with Crippen molar-refractivity contribution >= 4 is 11.9 Å². The topological polar surface area (TPSA) is 95.9 Å². The summed E-state index contributed by atoms with van der Waals surface area (Å²) in [5.74, 6) is -0.0545. The van der Waals surface area contributed by atoms with Crippen LogP contribution < -0.4 is 5.32 Å². The Kier molecular flexibility index (Phi) is 65.4. The second kappa shape index (κ2) is 66.8. The number of nitrogens with one attached hydrogen (secondary N) is 1. The van der Waals surface area contributed by atoms with Crippen LogP contribution in [0.4, 0.5) is 0 Å². The first-order valence-corrected chi connectivity index (χ1v) is 35.1. The normalized spacial score (nSPS) is 12.6. The van der Waals surface area contributed by atoms with E-state index in [2.05, 4.69) is 31.3 Å². The zero-order valence-corrected chi connectivity index (χ0v) is 52.2. The summed E-state index contributed by atoms with van der Waals surface area (Å²) in [6, 6.07) is -0.633. The number of allylic oxidation sites excluding steroid dienone is 3. The van der Waals surface area contributed by atoms with Crippen LogP contribution in [-0.4, -0.2) is 47.4 Å². The highest BCUT2D eigenvalue weighted by Crippen LogP contribution is 2.19. The first-order valence-electron chi connectivity index (χ1n) is 35.1. The van der Waals surface area contributed by atoms with Gasteiger partial charge in [0.2, 0.25) is 5.91 Å². The molecule has 0 aliphatic carbocycles. The standard InChI is InChI=1S/C71H137NO5/c1-3-5-7-9-11-13-15-17-19-21-28-33-37-41-45-49-53-57-61-65-71(76)77-66-62-58-54-50-46-42-38-34-30-27-25-23-24-26-29-32-36-40-44-48-52-56-60-64-70(75)72-68(67-73)69(74)63-59-55-51-47-43-39-35-31-22-20-18-16-14-12-10-8-6-4-2/h26,29,59,63,68-69,73-74H,3-25,27-28,30-58,60-62,64-67H2,1-2H3,(H,72,75)/b29-26-,63-59+. The van der Waals surface area contributed by atoms with Crippen LogP contribution in [0.25, 0.3) is 0 Å². The van der Waals surface area contributed by atoms with Crippen LogP contribution in [0.3, 0.4) is 0 Å². The second-order valence-electron chi connectivity index (χ2n) is 24.2. The highest BCUT2D eigenvalue weighted by Gasteiger charge is 2.18. The molecule has 0 bridgehead atoms. The quantitative estimate of drug-likeness (QED) is 0.0320. The summed E-state index contributed by atoms with van der Waals surface area (Å²) < 4.78 is 5.51. The van der Waals surface area contributed by atoms with Crippen LogP contribution in [0.2, 0.25) is 0 Å². The van der Waals surface area contributed by atoms with E-state index in [4.69, 9.17) is 4.74 Å². The van der Waals surface area contributed by atoms with Gasteiger partial charge in [-0.2, -0.15) is 0 Å². The first kappa shape index (κ1) is 75.3. The molecule has 0 aliphatic heterocycles. The average Bonchev–Trinajstić information content (AvgIpc) is 3.43. The molecule has 0 spiro atoms. The maximum Gasteiger partial charge on any atom is 0.305 e. The van der Waals surface area contributed by atoms with E-state index < -0.39 is 12.1 Å². The summed E-state index contributed by atoms with van der Waals surface area (Å²) in [6.07, 6.45) is 83.9. The number of carbonyl (C=O) groups is 2. The molecular weight excluding hydrogens is 947 g/mol. The Bertz CT molecular complexity index is 1200. The van der Waals surface area contributed by atoms with Gasteiger partial charge < -0.3 is 20.3 Å². The van der Waals surface area contributed by atoms with E-state index in [1.54, 1.807) is 6.08 Å². The highest BCUT2D eigenvalue weighted by atomic mass is 16.5. The van der Waals surface area contributed by atoms with Crippen molar-refractivity contribution in [3.05, 3.63) is 24.3 Å². The van der Waals surface area contributed by atoms with Crippen LogP contribution >= 0.6 is 0 Å². The zero-order valence-electron chi connectivity index (χ0n) is 52.2. The fourth-order valence-electron chi connectivity index (χ4n) is 11.1. The lowest BCUT2D eigenvalue weighted by atomic mass is 10.0. The lowest BCUT2D eigenvalue weighted by Gasteiger charge is -2.20. The fourth-order valence-corrected chi connectivity index (χ4v) is 11.1. The van der Waals surface area contributed by atoms with Crippen molar-refractivity contribution in [2.45, 2.75) is 405 Å². The monoisotopic (exact) mass is 1080 g/mol. The van der Waals surface area contributed by atoms with Crippen LogP contribution in [0.1, 0.15) is 393 Å². The number of hydrogen-bond acceptors (Lipinski definition) is 5. The van der Waals surface area contributed by atoms with E-state index in [0.717, 1.165) is 44.9 Å². The van der Waals surface area contributed by atoms with Gasteiger partial charge in [0.1, 0.15) is 0 Å². The van der Waals surface area contributed by atoms with Crippen molar-refractivity contribution in [2.24, 2.45) is 0 Å². The summed E-state index contributed by atoms with van der Waals surface area (Å²) in [6.45, 7) is 4.94. The SMILES string of the molecule is CCCCCCCCCCCCCCCCCC/C=C/C(O)C(CO)NC(=O)CCCCCCCCC/C=C\CCCCCCCCCCCCCCOC(=O)CCCCCCCCCCCCCCCCCCCCC. The van der Waals surface area contributed by atoms with E-state index in [1.807, 2.05) is 6.08 Å². The fraction of sp³-hybridized carbons (Fsp3) is 0.915. The van der Waals surface area contributed by atoms with Crippen molar-refractivity contribution in [3.63, 3.8) is 0 Å². The first-order chi connectivity index (χ1) is 38.0. The summed E-state index contributed by atoms with van der Waals surface area (Å²) in [5, 5.41) is 23.2. The Hall–Kier alpha value is -1.66. The molecule has 0 heterocycles. The van der Waals surface area contributed by atoms with Crippen molar-refractivity contribution in [1.82, 2.24) is 5.32 Å². The van der Waals surface area contributed by atoms with E-state index in [-0.39, 0.29) is 18.5 Å². The molecule has 6 heteroatoms. The van der Waals surface area contributed by atoms with Gasteiger partial charge in [0.15, 0.2) is 0 Å². The Balaban J connectivity index is 3.40. The minimum atomic E-state index is -0.849. The number of ether oxygens (including phenoxy) is 1. The Morgan fingerprint density at radius 3 is 0.922 bits per heavy atom. The maximum absolute atomic E-state index is 12.5. The van der Waals surface area contributed by atoms with Gasteiger partial charge in [-0.15, -0.1) is 0 Å². The molecular formula is C71H137NO5. The second-order valence-corrected chi connectivity index (χ2v) is 24.2. The molecule has 0 aromatic carbocycles. The summed E-state index contributed by atoms with van der Waals surface area (Å²) in [7, 11) is 0. The molecule has 0 saturated carbocycles. The van der Waals surface area contributed by atoms with Crippen molar-refractivity contribution in [3.8, 4) is 0 Å². The molecule has 0 saturated heterocycles. The van der Waals surface area contributed by atoms with Crippen molar-refractivity contribution in [1.29, 1.82) is 0 Å². The number of aliphatic hydroxyl groups excluding tert-OH is 2. The van der Waals surface area contributed by atoms with E-state index in [9.17, 15) is 19.8 Å². The molecule has 6 nitrogen and oxygen atoms in total. The number of aliphatic hydroxyl groups is 2. The molecule has 0 aromatic rings. The van der Waals surface area contributed by atoms with Gasteiger partial charge in [-0.25, -0.2) is 0 Å². The van der Waals surface area contributed by atoms with Gasteiger partial charge in [0, 0.05) is 12.8 Å². The van der Waals surface area contributed by atoms with Crippen LogP contribution in [0, 0.1) is 0 Å². The van der Waals surface area contributed by atoms with Gasteiger partial charge in [-0.3, -0.25) is 9.59 Å². The van der Waals surface area contributed by atoms with E-state index in [0.29, 0.717) is 19.4 Å². The predicted molar refractivity (Wildman–Crippen MR) is 338 cm³/mol. The lowest BCUT2D eigenvalue weighted by molar-refractivity contribution is -0.143. The minimum Gasteiger partial charge on any atom is -0.466 e. The summed E-state index contributed by atoms with van der Waals surface area (Å²) in [5.41, 5.74) is 0. The zero-order chi connectivity index (χ0) is 55.7. The molecule has 2 unspecified atom stereocenters. The number of unbranched alkanes of at least 4 members (excludes halogenated alkanes) is 53. The number of esters is 1. The van der Waals surface area contributed by atoms with Gasteiger partial charge in [-0.1, -0.05) is 346 Å². The molecule has 0 radical (unpaired) electrons. The molecule has 1 amide bonds. The van der Waals surface area contributed by atoms with Crippen molar-refractivity contribution in [2.75, 3.05) is 13.2 Å². The van der Waals surface area contributed by atoms with E-state index >= 15 is 0 Å². The largest absolute Gasteiger partial charge is 0.466 e. The third kappa shape index (κ3) is 63.4. The Labute approximate surface area is 481 Å². The number of rotatable bonds is 66. The lowest BCUT2D eigenvalue weighted by Crippen LogP contribution is -2.45. The molecule has 0 fully saturated rings. The molecule has 0 rings (SSSR count). The molecule has 2 atom stereocenters. The van der Waals surface area contributed by atoms with Gasteiger partial charge in [-0.05, 0) is 57.8 Å². The van der Waals surface area contributed by atoms with Crippen LogP contribution in [0.5, 0.6) is 0 Å². The highest BCUT2D eigenvalue weighted by molar-refractivity contribution is 5.76. The minimum absolute atomic E-state index is 0.0165. The third-order valence-electron chi connectivity index (χ3n) is 16.5. The predicted octanol–water partition coefficient (Wildman–Crippen LogP) is 22.5. The molecule has 3 N–H and O–H groups in total. The number of amides is 1. The van der Waals surface area contributed by atoms with Crippen LogP contribution in [0.15, 0.2) is 24.3 Å². The number of hydrogen-bond donors (Lipinski definition) is 3.